The van der Waals surface area contributed by atoms with E-state index in [2.05, 4.69) is 30.8 Å². The molecule has 0 radical (unpaired) electrons. The molecule has 1 aromatic carbocycles. The number of H-pyrrole nitrogens is 1. The lowest BCUT2D eigenvalue weighted by molar-refractivity contribution is 0.371. The Bertz CT molecular complexity index is 1380. The molecule has 4 rings (SSSR count). The first kappa shape index (κ1) is 21.6. The Labute approximate surface area is 188 Å². The van der Waals surface area contributed by atoms with Gasteiger partial charge in [0, 0.05) is 26.4 Å². The predicted molar refractivity (Wildman–Crippen MR) is 128 cm³/mol. The minimum Gasteiger partial charge on any atom is -0.494 e. The molecule has 33 heavy (non-hydrogen) atoms. The molecule has 0 spiro atoms. The Hall–Kier alpha value is -4.58. The van der Waals surface area contributed by atoms with Crippen molar-refractivity contribution in [1.29, 1.82) is 0 Å². The second-order valence-electron chi connectivity index (χ2n) is 7.16. The molecule has 0 saturated carbocycles. The largest absolute Gasteiger partial charge is 0.494 e. The van der Waals surface area contributed by atoms with E-state index in [0.29, 0.717) is 45.4 Å². The van der Waals surface area contributed by atoms with Crippen molar-refractivity contribution in [2.24, 2.45) is 23.7 Å². The van der Waals surface area contributed by atoms with Crippen LogP contribution in [0.25, 0.3) is 11.0 Å². The molecule has 0 aliphatic carbocycles. The summed E-state index contributed by atoms with van der Waals surface area (Å²) in [5.74, 6) is 7.32. The number of hydrogen-bond acceptors (Lipinski definition) is 9. The van der Waals surface area contributed by atoms with Crippen molar-refractivity contribution in [2.45, 2.75) is 0 Å². The highest BCUT2D eigenvalue weighted by atomic mass is 16.5. The molecular weight excluding hydrogens is 424 g/mol. The number of amidine groups is 1. The van der Waals surface area contributed by atoms with Crippen LogP contribution in [0.4, 0.5) is 23.0 Å². The van der Waals surface area contributed by atoms with Gasteiger partial charge in [-0.15, -0.1) is 5.10 Å². The molecule has 4 aromatic rings. The van der Waals surface area contributed by atoms with Gasteiger partial charge in [0.15, 0.2) is 17.2 Å². The van der Waals surface area contributed by atoms with Crippen LogP contribution in [0, 0.1) is 0 Å². The fourth-order valence-electron chi connectivity index (χ4n) is 3.38. The lowest BCUT2D eigenvalue weighted by Gasteiger charge is -2.16. The molecule has 0 saturated heterocycles. The molecule has 7 N–H and O–H groups in total. The standard InChI is InChI=1S/C21H24N10O2/c1-30-21(32)17-14(11-16(27-20(17)29-30)26-15-9-4-5-10-24-15)25-13-8-6-7-12(18(13)33-3)19(22)28-31(2)23/h4-11H,23H2,1-3H3,(H2,22,28)(H3,24,25,26,27,29). The Morgan fingerprint density at radius 1 is 1.18 bits per heavy atom. The molecule has 0 amide bonds. The van der Waals surface area contributed by atoms with E-state index >= 15 is 0 Å². The number of rotatable bonds is 7. The predicted octanol–water partition coefficient (Wildman–Crippen LogP) is 1.58. The summed E-state index contributed by atoms with van der Waals surface area (Å²) in [6.45, 7) is 0. The lowest BCUT2D eigenvalue weighted by Crippen LogP contribution is -2.26. The Morgan fingerprint density at radius 3 is 2.70 bits per heavy atom. The molecule has 0 aliphatic rings. The van der Waals surface area contributed by atoms with Crippen molar-refractivity contribution in [3.05, 3.63) is 64.6 Å². The van der Waals surface area contributed by atoms with E-state index in [1.807, 2.05) is 18.2 Å². The SMILES string of the molecule is COc1c(Nc2cc(Nc3ccccn3)nc3[nH]n(C)c(=O)c23)cccc1/C(N)=N/N(C)N. The summed E-state index contributed by atoms with van der Waals surface area (Å²) in [5, 5.41) is 14.9. The van der Waals surface area contributed by atoms with Crippen LogP contribution in [0.5, 0.6) is 5.75 Å². The van der Waals surface area contributed by atoms with Crippen molar-refractivity contribution >= 4 is 39.9 Å². The monoisotopic (exact) mass is 448 g/mol. The first-order chi connectivity index (χ1) is 15.9. The number of aryl methyl sites for hydroxylation is 1. The number of methoxy groups -OCH3 is 1. The van der Waals surface area contributed by atoms with Gasteiger partial charge in [-0.3, -0.25) is 14.6 Å². The average Bonchev–Trinajstić information content (AvgIpc) is 3.07. The third kappa shape index (κ3) is 4.41. The summed E-state index contributed by atoms with van der Waals surface area (Å²) >= 11 is 0. The number of hydrogen-bond donors (Lipinski definition) is 5. The van der Waals surface area contributed by atoms with Crippen molar-refractivity contribution in [3.8, 4) is 5.75 Å². The van der Waals surface area contributed by atoms with Crippen LogP contribution >= 0.6 is 0 Å². The number of aromatic amines is 1. The molecule has 12 nitrogen and oxygen atoms in total. The topological polar surface area (TPSA) is 164 Å². The number of anilines is 4. The Morgan fingerprint density at radius 2 is 2.00 bits per heavy atom. The highest BCUT2D eigenvalue weighted by Gasteiger charge is 2.17. The van der Waals surface area contributed by atoms with Crippen LogP contribution in [-0.4, -0.2) is 44.9 Å². The quantitative estimate of drug-likeness (QED) is 0.122. The third-order valence-corrected chi connectivity index (χ3v) is 4.76. The summed E-state index contributed by atoms with van der Waals surface area (Å²) in [6, 6.07) is 12.6. The molecular formula is C21H24N10O2. The summed E-state index contributed by atoms with van der Waals surface area (Å²) in [4.78, 5) is 21.6. The molecule has 3 heterocycles. The van der Waals surface area contributed by atoms with Gasteiger partial charge in [-0.2, -0.15) is 0 Å². The zero-order chi connectivity index (χ0) is 23.5. The Kier molecular flexibility index (Phi) is 5.83. The van der Waals surface area contributed by atoms with Gasteiger partial charge in [0.2, 0.25) is 0 Å². The van der Waals surface area contributed by atoms with Crippen LogP contribution in [0.3, 0.4) is 0 Å². The van der Waals surface area contributed by atoms with Crippen molar-refractivity contribution < 1.29 is 4.74 Å². The number of fused-ring (bicyclic) bond motifs is 1. The van der Waals surface area contributed by atoms with Gasteiger partial charge < -0.3 is 21.1 Å². The zero-order valence-corrected chi connectivity index (χ0v) is 18.3. The maximum atomic E-state index is 12.8. The summed E-state index contributed by atoms with van der Waals surface area (Å²) in [6.07, 6.45) is 1.67. The first-order valence-corrected chi connectivity index (χ1v) is 9.92. The summed E-state index contributed by atoms with van der Waals surface area (Å²) in [5.41, 5.74) is 7.91. The fourth-order valence-corrected chi connectivity index (χ4v) is 3.38. The average molecular weight is 448 g/mol. The molecule has 0 bridgehead atoms. The van der Waals surface area contributed by atoms with Gasteiger partial charge in [0.05, 0.1) is 24.0 Å². The van der Waals surface area contributed by atoms with E-state index in [1.54, 1.807) is 44.6 Å². The number of aromatic nitrogens is 4. The maximum absolute atomic E-state index is 12.8. The number of nitrogens with two attached hydrogens (primary N) is 2. The first-order valence-electron chi connectivity index (χ1n) is 9.92. The van der Waals surface area contributed by atoms with Gasteiger partial charge >= 0.3 is 0 Å². The van der Waals surface area contributed by atoms with Crippen LogP contribution in [0.1, 0.15) is 5.56 Å². The number of para-hydroxylation sites is 1. The van der Waals surface area contributed by atoms with E-state index in [0.717, 1.165) is 5.12 Å². The van der Waals surface area contributed by atoms with E-state index in [9.17, 15) is 4.79 Å². The number of pyridine rings is 2. The molecule has 0 unspecified atom stereocenters. The van der Waals surface area contributed by atoms with Gasteiger partial charge in [-0.25, -0.2) is 20.9 Å². The highest BCUT2D eigenvalue weighted by molar-refractivity contribution is 6.02. The van der Waals surface area contributed by atoms with Crippen LogP contribution in [0.2, 0.25) is 0 Å². The normalized spacial score (nSPS) is 11.5. The third-order valence-electron chi connectivity index (χ3n) is 4.76. The van der Waals surface area contributed by atoms with Crippen molar-refractivity contribution in [1.82, 2.24) is 24.9 Å². The number of hydrazone groups is 1. The van der Waals surface area contributed by atoms with E-state index in [-0.39, 0.29) is 11.4 Å². The van der Waals surface area contributed by atoms with Crippen LogP contribution in [-0.2, 0) is 7.05 Å². The Balaban J connectivity index is 1.82. The lowest BCUT2D eigenvalue weighted by atomic mass is 10.1. The second kappa shape index (κ2) is 8.88. The molecule has 170 valence electrons. The smallest absolute Gasteiger partial charge is 0.277 e. The fraction of sp³-hybridized carbons (Fsp3) is 0.143. The molecule has 12 heteroatoms. The van der Waals surface area contributed by atoms with Gasteiger partial charge in [0.1, 0.15) is 17.0 Å². The second-order valence-corrected chi connectivity index (χ2v) is 7.16. The van der Waals surface area contributed by atoms with E-state index < -0.39 is 0 Å². The zero-order valence-electron chi connectivity index (χ0n) is 18.3. The molecule has 0 atom stereocenters. The maximum Gasteiger partial charge on any atom is 0.277 e. The summed E-state index contributed by atoms with van der Waals surface area (Å²) in [7, 11) is 4.71. The van der Waals surface area contributed by atoms with Crippen LogP contribution in [0.15, 0.2) is 58.6 Å². The minimum atomic E-state index is -0.231. The molecule has 0 fully saturated rings. The van der Waals surface area contributed by atoms with Crippen molar-refractivity contribution in [3.63, 3.8) is 0 Å². The van der Waals surface area contributed by atoms with Gasteiger partial charge in [-0.1, -0.05) is 12.1 Å². The molecule has 3 aromatic heterocycles. The minimum absolute atomic E-state index is 0.176. The van der Waals surface area contributed by atoms with E-state index in [1.165, 1.54) is 11.8 Å². The van der Waals surface area contributed by atoms with Crippen LogP contribution < -0.4 is 32.5 Å². The van der Waals surface area contributed by atoms with Gasteiger partial charge in [0.25, 0.3) is 5.56 Å². The number of nitrogens with zero attached hydrogens (tertiary/aromatic N) is 5. The number of nitrogens with one attached hydrogen (secondary N) is 3. The molecule has 0 aliphatic heterocycles. The van der Waals surface area contributed by atoms with Crippen molar-refractivity contribution in [2.75, 3.05) is 24.8 Å². The number of benzene rings is 1. The summed E-state index contributed by atoms with van der Waals surface area (Å²) < 4.78 is 6.97. The number of ether oxygens (including phenoxy) is 1. The van der Waals surface area contributed by atoms with Gasteiger partial charge in [-0.05, 0) is 24.3 Å². The number of hydrazine groups is 1. The van der Waals surface area contributed by atoms with E-state index in [4.69, 9.17) is 16.3 Å². The highest BCUT2D eigenvalue weighted by Crippen LogP contribution is 2.34.